The highest BCUT2D eigenvalue weighted by Crippen LogP contribution is 2.78. The molecule has 11 unspecified atom stereocenters. The van der Waals surface area contributed by atoms with Crippen LogP contribution in [-0.2, 0) is 23.8 Å². The average Bonchev–Trinajstić information content (AvgIpc) is 3.43. The molecule has 0 aromatic rings. The van der Waals surface area contributed by atoms with Gasteiger partial charge in [0.1, 0.15) is 5.72 Å². The number of carbonyl (C=O) groups is 2. The fourth-order valence-electron chi connectivity index (χ4n) is 11.1. The second-order valence-corrected chi connectivity index (χ2v) is 14.3. The molecule has 7 heteroatoms. The third-order valence-corrected chi connectivity index (χ3v) is 12.6. The van der Waals surface area contributed by atoms with Gasteiger partial charge in [-0.05, 0) is 56.9 Å². The second kappa shape index (κ2) is 6.71. The number of allylic oxidation sites excluding steroid dienone is 3. The molecule has 37 heavy (non-hydrogen) atoms. The van der Waals surface area contributed by atoms with Crippen LogP contribution in [0.4, 0.5) is 0 Å². The fourth-order valence-corrected chi connectivity index (χ4v) is 11.1. The third kappa shape index (κ3) is 2.43. The summed E-state index contributed by atoms with van der Waals surface area (Å²) in [5, 5.41) is 12.5. The van der Waals surface area contributed by atoms with Crippen LogP contribution in [0.1, 0.15) is 66.2 Å². The van der Waals surface area contributed by atoms with Crippen molar-refractivity contribution in [1.82, 2.24) is 4.90 Å². The van der Waals surface area contributed by atoms with Crippen LogP contribution < -0.4 is 0 Å². The number of cyclic esters (lactones) is 1. The Bertz CT molecular complexity index is 1190. The van der Waals surface area contributed by atoms with Crippen molar-refractivity contribution in [2.75, 3.05) is 19.8 Å². The SMILES string of the molecule is CC1=CC(=O)C2C(C1)C13C=C4N5CC6CC(C)CC5(CCC4(C)C4(COC(=O)C4)C1C(O)(OC3)C2C)O6. The number of hydrogen-bond donors (Lipinski definition) is 1. The van der Waals surface area contributed by atoms with E-state index < -0.39 is 16.6 Å². The lowest BCUT2D eigenvalue weighted by molar-refractivity contribution is -0.293. The number of hydrogen-bond acceptors (Lipinski definition) is 7. The molecule has 0 radical (unpaired) electrons. The molecular weight excluding hydrogens is 470 g/mol. The first kappa shape index (κ1) is 23.2. The molecule has 5 saturated heterocycles. The van der Waals surface area contributed by atoms with E-state index >= 15 is 0 Å². The van der Waals surface area contributed by atoms with E-state index in [-0.39, 0.29) is 59.1 Å². The lowest BCUT2D eigenvalue weighted by Gasteiger charge is -2.68. The minimum Gasteiger partial charge on any atom is -0.465 e. The molecule has 4 bridgehead atoms. The number of ketones is 1. The molecule has 0 aromatic heterocycles. The molecule has 8 rings (SSSR count). The van der Waals surface area contributed by atoms with Gasteiger partial charge in [-0.25, -0.2) is 0 Å². The van der Waals surface area contributed by atoms with Gasteiger partial charge in [0.15, 0.2) is 11.6 Å². The maximum Gasteiger partial charge on any atom is 0.306 e. The first-order valence-electron chi connectivity index (χ1n) is 14.4. The zero-order chi connectivity index (χ0) is 25.8. The van der Waals surface area contributed by atoms with Crippen molar-refractivity contribution in [2.24, 2.45) is 45.8 Å². The van der Waals surface area contributed by atoms with E-state index in [4.69, 9.17) is 14.2 Å². The average molecular weight is 510 g/mol. The molecule has 5 heterocycles. The highest BCUT2D eigenvalue weighted by atomic mass is 16.6. The predicted octanol–water partition coefficient (Wildman–Crippen LogP) is 3.57. The van der Waals surface area contributed by atoms with Crippen LogP contribution in [0.25, 0.3) is 0 Å². The summed E-state index contributed by atoms with van der Waals surface area (Å²) in [4.78, 5) is 29.0. The van der Waals surface area contributed by atoms with Crippen LogP contribution >= 0.6 is 0 Å². The monoisotopic (exact) mass is 509 g/mol. The first-order chi connectivity index (χ1) is 17.5. The molecule has 7 nitrogen and oxygen atoms in total. The van der Waals surface area contributed by atoms with Crippen molar-refractivity contribution in [3.63, 3.8) is 0 Å². The normalized spacial score (nSPS) is 57.3. The summed E-state index contributed by atoms with van der Waals surface area (Å²) in [7, 11) is 0. The zero-order valence-electron chi connectivity index (χ0n) is 22.4. The molecule has 1 N–H and O–H groups in total. The molecule has 3 aliphatic carbocycles. The van der Waals surface area contributed by atoms with E-state index in [0.717, 1.165) is 44.2 Å². The maximum absolute atomic E-state index is 13.5. The minimum absolute atomic E-state index is 0.0251. The number of nitrogens with zero attached hydrogens (tertiary/aromatic N) is 1. The number of aliphatic hydroxyl groups is 1. The van der Waals surface area contributed by atoms with Crippen LogP contribution in [0.2, 0.25) is 0 Å². The molecule has 1 saturated carbocycles. The summed E-state index contributed by atoms with van der Waals surface area (Å²) >= 11 is 0. The van der Waals surface area contributed by atoms with Gasteiger partial charge < -0.3 is 24.2 Å². The molecule has 200 valence electrons. The van der Waals surface area contributed by atoms with Crippen LogP contribution in [0.5, 0.6) is 0 Å². The number of fused-ring (bicyclic) bond motifs is 5. The van der Waals surface area contributed by atoms with Gasteiger partial charge in [0.2, 0.25) is 0 Å². The highest BCUT2D eigenvalue weighted by Gasteiger charge is 2.81. The van der Waals surface area contributed by atoms with Gasteiger partial charge >= 0.3 is 5.97 Å². The van der Waals surface area contributed by atoms with Crippen molar-refractivity contribution < 1.29 is 28.9 Å². The van der Waals surface area contributed by atoms with Gasteiger partial charge in [-0.15, -0.1) is 0 Å². The van der Waals surface area contributed by atoms with E-state index in [1.165, 1.54) is 5.70 Å². The lowest BCUT2D eigenvalue weighted by atomic mass is 9.37. The lowest BCUT2D eigenvalue weighted by Crippen LogP contribution is -2.71. The molecule has 0 amide bonds. The molecule has 0 aromatic carbocycles. The summed E-state index contributed by atoms with van der Waals surface area (Å²) in [6.45, 7) is 10.2. The van der Waals surface area contributed by atoms with Gasteiger partial charge in [0.25, 0.3) is 0 Å². The molecule has 6 fully saturated rings. The summed E-state index contributed by atoms with van der Waals surface area (Å²) in [5.74, 6) is -1.88. The van der Waals surface area contributed by atoms with Crippen molar-refractivity contribution >= 4 is 11.8 Å². The van der Waals surface area contributed by atoms with Crippen LogP contribution in [-0.4, -0.2) is 59.1 Å². The molecule has 5 aliphatic heterocycles. The molecule has 2 spiro atoms. The summed E-state index contributed by atoms with van der Waals surface area (Å²) in [6, 6.07) is 0. The van der Waals surface area contributed by atoms with Gasteiger partial charge in [-0.1, -0.05) is 32.4 Å². The Hall–Kier alpha value is -1.70. The standard InChI is InChI=1S/C30H39NO6/c1-16-8-20-24(21(32)9-16)18(3)30(34)25-27(20,14-36-30)11-22-26(4,28(25)12-23(33)35-15-28)5-6-29-10-17(2)7-19(37-29)13-31(22)29/h9,11,17-20,24-25,34H,5-8,10,12-15H2,1-4H3. The Kier molecular flexibility index (Phi) is 4.21. The van der Waals surface area contributed by atoms with Crippen LogP contribution in [0.15, 0.2) is 23.4 Å². The summed E-state index contributed by atoms with van der Waals surface area (Å²) in [6.07, 6.45) is 9.42. The van der Waals surface area contributed by atoms with Crippen molar-refractivity contribution in [3.8, 4) is 0 Å². The van der Waals surface area contributed by atoms with Gasteiger partial charge in [-0.3, -0.25) is 9.59 Å². The molecule has 8 aliphatic rings. The Morgan fingerprint density at radius 3 is 2.73 bits per heavy atom. The Morgan fingerprint density at radius 1 is 1.16 bits per heavy atom. The van der Waals surface area contributed by atoms with Crippen molar-refractivity contribution in [1.29, 1.82) is 0 Å². The number of piperidine rings is 1. The first-order valence-corrected chi connectivity index (χ1v) is 14.4. The van der Waals surface area contributed by atoms with E-state index in [0.29, 0.717) is 19.1 Å². The van der Waals surface area contributed by atoms with Gasteiger partial charge in [-0.2, -0.15) is 0 Å². The fraction of sp³-hybridized carbons (Fsp3) is 0.800. The van der Waals surface area contributed by atoms with Gasteiger partial charge in [0, 0.05) is 46.2 Å². The summed E-state index contributed by atoms with van der Waals surface area (Å²) in [5.41, 5.74) is 0.558. The number of rotatable bonds is 0. The van der Waals surface area contributed by atoms with E-state index in [9.17, 15) is 14.7 Å². The Balaban J connectivity index is 1.39. The highest BCUT2D eigenvalue weighted by molar-refractivity contribution is 5.94. The maximum atomic E-state index is 13.5. The van der Waals surface area contributed by atoms with Crippen LogP contribution in [0.3, 0.4) is 0 Å². The van der Waals surface area contributed by atoms with E-state index in [1.54, 1.807) is 6.08 Å². The molecular formula is C30H39NO6. The smallest absolute Gasteiger partial charge is 0.306 e. The number of esters is 1. The topological polar surface area (TPSA) is 85.3 Å². The van der Waals surface area contributed by atoms with Crippen molar-refractivity contribution in [2.45, 2.75) is 83.8 Å². The largest absolute Gasteiger partial charge is 0.465 e. The van der Waals surface area contributed by atoms with Crippen LogP contribution in [0, 0.1) is 45.8 Å². The zero-order valence-corrected chi connectivity index (χ0v) is 22.4. The van der Waals surface area contributed by atoms with Crippen molar-refractivity contribution in [3.05, 3.63) is 23.4 Å². The quantitative estimate of drug-likeness (QED) is 0.500. The van der Waals surface area contributed by atoms with E-state index in [1.807, 2.05) is 13.8 Å². The third-order valence-electron chi connectivity index (χ3n) is 12.6. The molecule has 11 atom stereocenters. The number of carbonyl (C=O) groups excluding carboxylic acids is 2. The second-order valence-electron chi connectivity index (χ2n) is 14.3. The van der Waals surface area contributed by atoms with Gasteiger partial charge in [0.05, 0.1) is 25.7 Å². The minimum atomic E-state index is -1.48. The number of ether oxygens (including phenoxy) is 3. The Morgan fingerprint density at radius 2 is 1.97 bits per heavy atom. The van der Waals surface area contributed by atoms with E-state index in [2.05, 4.69) is 24.8 Å². The predicted molar refractivity (Wildman–Crippen MR) is 132 cm³/mol. The Labute approximate surface area is 218 Å². The summed E-state index contributed by atoms with van der Waals surface area (Å²) < 4.78 is 19.1.